The topological polar surface area (TPSA) is 48.7 Å². The maximum atomic E-state index is 13.4. The van der Waals surface area contributed by atoms with E-state index >= 15 is 0 Å². The SMILES string of the molecule is CN(C)C(=O)c1ccc(N2CCC(NCCC(c3ccc(F)cc3)c3ccco3)CC2)cc1. The van der Waals surface area contributed by atoms with Crippen LogP contribution in [0, 0.1) is 5.82 Å². The van der Waals surface area contributed by atoms with Gasteiger partial charge in [0.05, 0.1) is 6.26 Å². The van der Waals surface area contributed by atoms with Gasteiger partial charge in [-0.2, -0.15) is 0 Å². The van der Waals surface area contributed by atoms with Crippen molar-refractivity contribution in [2.75, 3.05) is 38.6 Å². The molecule has 2 heterocycles. The summed E-state index contributed by atoms with van der Waals surface area (Å²) in [5.41, 5.74) is 2.95. The largest absolute Gasteiger partial charge is 0.469 e. The third kappa shape index (κ3) is 5.82. The highest BCUT2D eigenvalue weighted by Crippen LogP contribution is 2.28. The van der Waals surface area contributed by atoms with Gasteiger partial charge in [0, 0.05) is 50.4 Å². The number of carbonyl (C=O) groups excluding carboxylic acids is 1. The Morgan fingerprint density at radius 1 is 1.09 bits per heavy atom. The second-order valence-electron chi connectivity index (χ2n) is 8.87. The Bertz CT molecular complexity index is 1010. The van der Waals surface area contributed by atoms with Crippen LogP contribution in [0.5, 0.6) is 0 Å². The van der Waals surface area contributed by atoms with Crippen molar-refractivity contribution >= 4 is 11.6 Å². The van der Waals surface area contributed by atoms with Crippen LogP contribution in [0.1, 0.15) is 46.9 Å². The van der Waals surface area contributed by atoms with E-state index in [2.05, 4.69) is 10.2 Å². The molecule has 1 fully saturated rings. The van der Waals surface area contributed by atoms with Crippen LogP contribution in [0.15, 0.2) is 71.3 Å². The molecule has 1 atom stereocenters. The van der Waals surface area contributed by atoms with Gasteiger partial charge >= 0.3 is 0 Å². The zero-order chi connectivity index (χ0) is 23.2. The number of hydrogen-bond donors (Lipinski definition) is 1. The van der Waals surface area contributed by atoms with E-state index in [0.29, 0.717) is 11.6 Å². The van der Waals surface area contributed by atoms with E-state index in [4.69, 9.17) is 4.42 Å². The molecule has 0 spiro atoms. The molecule has 1 aliphatic rings. The van der Waals surface area contributed by atoms with Crippen LogP contribution in [-0.2, 0) is 0 Å². The predicted octanol–water partition coefficient (Wildman–Crippen LogP) is 4.90. The fourth-order valence-corrected chi connectivity index (χ4v) is 4.50. The van der Waals surface area contributed by atoms with Gasteiger partial charge in [0.15, 0.2) is 0 Å². The predicted molar refractivity (Wildman–Crippen MR) is 129 cm³/mol. The molecule has 0 bridgehead atoms. The number of piperidine rings is 1. The molecule has 1 saturated heterocycles. The average molecular weight is 450 g/mol. The Morgan fingerprint density at radius 2 is 1.79 bits per heavy atom. The second kappa shape index (κ2) is 10.7. The number of benzene rings is 2. The lowest BCUT2D eigenvalue weighted by atomic mass is 9.93. The van der Waals surface area contributed by atoms with Gasteiger partial charge in [0.2, 0.25) is 0 Å². The molecule has 33 heavy (non-hydrogen) atoms. The molecule has 0 radical (unpaired) electrons. The normalized spacial score (nSPS) is 15.4. The lowest BCUT2D eigenvalue weighted by Gasteiger charge is -2.34. The highest BCUT2D eigenvalue weighted by molar-refractivity contribution is 5.94. The number of halogens is 1. The number of amides is 1. The van der Waals surface area contributed by atoms with E-state index in [9.17, 15) is 9.18 Å². The van der Waals surface area contributed by atoms with E-state index in [-0.39, 0.29) is 17.6 Å². The number of carbonyl (C=O) groups is 1. The molecule has 5 nitrogen and oxygen atoms in total. The van der Waals surface area contributed by atoms with E-state index in [0.717, 1.165) is 55.9 Å². The van der Waals surface area contributed by atoms with Gasteiger partial charge in [-0.1, -0.05) is 12.1 Å². The second-order valence-corrected chi connectivity index (χ2v) is 8.87. The summed E-state index contributed by atoms with van der Waals surface area (Å²) < 4.78 is 19.0. The third-order valence-corrected chi connectivity index (χ3v) is 6.41. The molecule has 0 saturated carbocycles. The molecule has 1 N–H and O–H groups in total. The number of rotatable bonds is 8. The summed E-state index contributed by atoms with van der Waals surface area (Å²) in [6.45, 7) is 2.84. The standard InChI is InChI=1S/C27H32FN3O2/c1-30(2)27(32)21-7-11-24(12-8-21)31-17-14-23(15-18-31)29-16-13-25(26-4-3-19-33-26)20-5-9-22(28)10-6-20/h3-12,19,23,25,29H,13-18H2,1-2H3. The molecule has 1 amide bonds. The Morgan fingerprint density at radius 3 is 2.39 bits per heavy atom. The number of hydrogen-bond acceptors (Lipinski definition) is 4. The van der Waals surface area contributed by atoms with E-state index in [1.165, 1.54) is 12.1 Å². The Labute approximate surface area is 195 Å². The minimum Gasteiger partial charge on any atom is -0.469 e. The Balaban J connectivity index is 1.27. The Hall–Kier alpha value is -3.12. The van der Waals surface area contributed by atoms with Crippen molar-refractivity contribution < 1.29 is 13.6 Å². The van der Waals surface area contributed by atoms with Gasteiger partial charge in [-0.05, 0) is 79.9 Å². The van der Waals surface area contributed by atoms with Gasteiger partial charge < -0.3 is 19.5 Å². The molecular formula is C27H32FN3O2. The van der Waals surface area contributed by atoms with Crippen molar-refractivity contribution in [1.82, 2.24) is 10.2 Å². The summed E-state index contributed by atoms with van der Waals surface area (Å²) in [6, 6.07) is 19.0. The monoisotopic (exact) mass is 449 g/mol. The molecule has 1 unspecified atom stereocenters. The fourth-order valence-electron chi connectivity index (χ4n) is 4.50. The number of anilines is 1. The molecule has 2 aromatic carbocycles. The van der Waals surface area contributed by atoms with Crippen molar-refractivity contribution in [3.05, 3.63) is 89.6 Å². The summed E-state index contributed by atoms with van der Waals surface area (Å²) in [4.78, 5) is 16.1. The first kappa shape index (κ1) is 23.1. The van der Waals surface area contributed by atoms with Crippen molar-refractivity contribution in [3.8, 4) is 0 Å². The highest BCUT2D eigenvalue weighted by atomic mass is 19.1. The molecule has 6 heteroatoms. The molecule has 1 aromatic heterocycles. The molecule has 1 aliphatic heterocycles. The smallest absolute Gasteiger partial charge is 0.253 e. The maximum Gasteiger partial charge on any atom is 0.253 e. The van der Waals surface area contributed by atoms with Crippen LogP contribution in [-0.4, -0.2) is 50.6 Å². The minimum atomic E-state index is -0.222. The van der Waals surface area contributed by atoms with Crippen molar-refractivity contribution in [2.24, 2.45) is 0 Å². The average Bonchev–Trinajstić information content (AvgIpc) is 3.37. The summed E-state index contributed by atoms with van der Waals surface area (Å²) >= 11 is 0. The first-order valence-corrected chi connectivity index (χ1v) is 11.6. The molecule has 174 valence electrons. The first-order chi connectivity index (χ1) is 16.0. The molecule has 4 rings (SSSR count). The zero-order valence-corrected chi connectivity index (χ0v) is 19.3. The summed E-state index contributed by atoms with van der Waals surface area (Å²) in [6.07, 6.45) is 4.72. The maximum absolute atomic E-state index is 13.4. The van der Waals surface area contributed by atoms with E-state index < -0.39 is 0 Å². The van der Waals surface area contributed by atoms with Crippen LogP contribution in [0.2, 0.25) is 0 Å². The zero-order valence-electron chi connectivity index (χ0n) is 19.3. The highest BCUT2D eigenvalue weighted by Gasteiger charge is 2.21. The number of nitrogens with zero attached hydrogens (tertiary/aromatic N) is 2. The van der Waals surface area contributed by atoms with E-state index in [1.807, 2.05) is 48.5 Å². The van der Waals surface area contributed by atoms with Crippen LogP contribution in [0.3, 0.4) is 0 Å². The number of furan rings is 1. The number of nitrogens with one attached hydrogen (secondary N) is 1. The van der Waals surface area contributed by atoms with Gasteiger partial charge in [0.25, 0.3) is 5.91 Å². The summed E-state index contributed by atoms with van der Waals surface area (Å²) in [5.74, 6) is 0.824. The van der Waals surface area contributed by atoms with Gasteiger partial charge in [0.1, 0.15) is 11.6 Å². The van der Waals surface area contributed by atoms with E-state index in [1.54, 1.807) is 25.3 Å². The molecule has 3 aromatic rings. The van der Waals surface area contributed by atoms with Crippen molar-refractivity contribution in [2.45, 2.75) is 31.2 Å². The van der Waals surface area contributed by atoms with Gasteiger partial charge in [-0.25, -0.2) is 4.39 Å². The van der Waals surface area contributed by atoms with Crippen LogP contribution >= 0.6 is 0 Å². The van der Waals surface area contributed by atoms with Gasteiger partial charge in [-0.15, -0.1) is 0 Å². The molecular weight excluding hydrogens is 417 g/mol. The third-order valence-electron chi connectivity index (χ3n) is 6.41. The first-order valence-electron chi connectivity index (χ1n) is 11.6. The van der Waals surface area contributed by atoms with Crippen molar-refractivity contribution in [3.63, 3.8) is 0 Å². The molecule has 0 aliphatic carbocycles. The van der Waals surface area contributed by atoms with Gasteiger partial charge in [-0.3, -0.25) is 4.79 Å². The summed E-state index contributed by atoms with van der Waals surface area (Å²) in [7, 11) is 3.54. The minimum absolute atomic E-state index is 0.0259. The van der Waals surface area contributed by atoms with Crippen molar-refractivity contribution in [1.29, 1.82) is 0 Å². The quantitative estimate of drug-likeness (QED) is 0.531. The van der Waals surface area contributed by atoms with Crippen LogP contribution in [0.4, 0.5) is 10.1 Å². The Kier molecular flexibility index (Phi) is 7.45. The fraction of sp³-hybridized carbons (Fsp3) is 0.370. The lowest BCUT2D eigenvalue weighted by Crippen LogP contribution is -2.43. The summed E-state index contributed by atoms with van der Waals surface area (Å²) in [5, 5.41) is 3.71. The lowest BCUT2D eigenvalue weighted by molar-refractivity contribution is 0.0827. The van der Waals surface area contributed by atoms with Crippen LogP contribution in [0.25, 0.3) is 0 Å². The van der Waals surface area contributed by atoms with Crippen LogP contribution < -0.4 is 10.2 Å².